The Balaban J connectivity index is 1.46. The van der Waals surface area contributed by atoms with Crippen molar-refractivity contribution in [2.24, 2.45) is 5.92 Å². The van der Waals surface area contributed by atoms with Gasteiger partial charge in [0.25, 0.3) is 0 Å². The van der Waals surface area contributed by atoms with E-state index in [9.17, 15) is 24.3 Å². The summed E-state index contributed by atoms with van der Waals surface area (Å²) in [5.41, 5.74) is 2.89. The number of aliphatic hydroxyl groups excluding tert-OH is 1. The van der Waals surface area contributed by atoms with Gasteiger partial charge in [-0.2, -0.15) is 0 Å². The molecule has 4 rings (SSSR count). The van der Waals surface area contributed by atoms with Crippen molar-refractivity contribution in [3.05, 3.63) is 83.4 Å². The molecule has 0 spiro atoms. The smallest absolute Gasteiger partial charge is 0.332 e. The Bertz CT molecular complexity index is 1200. The summed E-state index contributed by atoms with van der Waals surface area (Å²) in [6.45, 7) is -0.186. The largest absolute Gasteiger partial charge is 0.463 e. The van der Waals surface area contributed by atoms with Crippen molar-refractivity contribution in [2.45, 2.75) is 57.3 Å². The Kier molecular flexibility index (Phi) is 9.85. The molecule has 2 aliphatic heterocycles. The van der Waals surface area contributed by atoms with Crippen LogP contribution in [0.4, 0.5) is 0 Å². The molecular formula is C30H34N2O7. The topological polar surface area (TPSA) is 122 Å². The third-order valence-corrected chi connectivity index (χ3v) is 7.02. The van der Waals surface area contributed by atoms with Gasteiger partial charge in [0.1, 0.15) is 13.2 Å². The quantitative estimate of drug-likeness (QED) is 0.431. The summed E-state index contributed by atoms with van der Waals surface area (Å²) >= 11 is 0. The summed E-state index contributed by atoms with van der Waals surface area (Å²) in [6, 6.07) is 15.3. The van der Waals surface area contributed by atoms with E-state index < -0.39 is 29.8 Å². The van der Waals surface area contributed by atoms with Gasteiger partial charge >= 0.3 is 11.9 Å². The molecule has 2 aromatic carbocycles. The van der Waals surface area contributed by atoms with Gasteiger partial charge in [-0.3, -0.25) is 14.4 Å². The Morgan fingerprint density at radius 3 is 2.54 bits per heavy atom. The molecule has 0 fully saturated rings. The first-order valence-corrected chi connectivity index (χ1v) is 13.2. The van der Waals surface area contributed by atoms with Gasteiger partial charge in [-0.05, 0) is 36.0 Å². The molecule has 0 saturated carbocycles. The van der Waals surface area contributed by atoms with E-state index in [-0.39, 0.29) is 51.0 Å². The van der Waals surface area contributed by atoms with E-state index in [4.69, 9.17) is 9.47 Å². The predicted octanol–water partition coefficient (Wildman–Crippen LogP) is 2.45. The van der Waals surface area contributed by atoms with Crippen LogP contribution in [-0.4, -0.2) is 59.1 Å². The number of cyclic esters (lactones) is 1. The fourth-order valence-electron chi connectivity index (χ4n) is 4.77. The molecule has 3 atom stereocenters. The maximum atomic E-state index is 13.4. The van der Waals surface area contributed by atoms with Crippen molar-refractivity contribution in [1.29, 1.82) is 0 Å². The Labute approximate surface area is 227 Å². The summed E-state index contributed by atoms with van der Waals surface area (Å²) in [5.74, 6) is -2.74. The number of hydrogen-bond acceptors (Lipinski definition) is 7. The lowest BCUT2D eigenvalue weighted by molar-refractivity contribution is -0.155. The second kappa shape index (κ2) is 13.7. The molecule has 39 heavy (non-hydrogen) atoms. The molecule has 0 bridgehead atoms. The molecule has 0 saturated heterocycles. The lowest BCUT2D eigenvalue weighted by Crippen LogP contribution is -2.50. The number of carbonyl (C=O) groups is 4. The molecule has 206 valence electrons. The van der Waals surface area contributed by atoms with Crippen molar-refractivity contribution in [3.63, 3.8) is 0 Å². The highest BCUT2D eigenvalue weighted by Crippen LogP contribution is 2.25. The maximum Gasteiger partial charge on any atom is 0.332 e. The van der Waals surface area contributed by atoms with Crippen LogP contribution in [0, 0.1) is 5.92 Å². The van der Waals surface area contributed by atoms with Crippen LogP contribution in [0.1, 0.15) is 42.4 Å². The summed E-state index contributed by atoms with van der Waals surface area (Å²) in [5, 5.41) is 12.6. The SMILES string of the molecule is O=C1CCC=CC[C@H](CC(=O)N2Cc3ccccc3C[C@H]2CO)C(=O)N[C@@H](C(=O)OCc2ccccc2)CO1. The molecular weight excluding hydrogens is 500 g/mol. The zero-order valence-electron chi connectivity index (χ0n) is 21.8. The molecule has 9 nitrogen and oxygen atoms in total. The van der Waals surface area contributed by atoms with Gasteiger partial charge in [-0.1, -0.05) is 66.7 Å². The van der Waals surface area contributed by atoms with Crippen LogP contribution >= 0.6 is 0 Å². The zero-order valence-corrected chi connectivity index (χ0v) is 21.8. The van der Waals surface area contributed by atoms with Crippen LogP contribution in [0.5, 0.6) is 0 Å². The maximum absolute atomic E-state index is 13.4. The van der Waals surface area contributed by atoms with Gasteiger partial charge in [-0.25, -0.2) is 4.79 Å². The number of fused-ring (bicyclic) bond motifs is 1. The molecule has 2 aliphatic rings. The number of nitrogens with one attached hydrogen (secondary N) is 1. The van der Waals surface area contributed by atoms with E-state index in [0.717, 1.165) is 16.7 Å². The standard InChI is InChI=1S/C30H34N2O7/c33-18-25-15-22-11-7-8-13-24(22)17-32(25)27(34)16-23-12-5-2-6-14-28(35)38-20-26(31-29(23)36)30(37)39-19-21-9-3-1-4-10-21/h1-5,7-11,13,23,25-26,33H,6,12,14-20H2,(H,31,36)/t23-,25+,26-/m1/s1. The van der Waals surface area contributed by atoms with Crippen molar-refractivity contribution >= 4 is 23.8 Å². The van der Waals surface area contributed by atoms with E-state index in [0.29, 0.717) is 19.4 Å². The highest BCUT2D eigenvalue weighted by Gasteiger charge is 2.33. The number of allylic oxidation sites excluding steroid dienone is 2. The summed E-state index contributed by atoms with van der Waals surface area (Å²) in [4.78, 5) is 53.4. The van der Waals surface area contributed by atoms with Crippen LogP contribution in [0.2, 0.25) is 0 Å². The lowest BCUT2D eigenvalue weighted by atomic mass is 9.92. The van der Waals surface area contributed by atoms with Crippen molar-refractivity contribution < 1.29 is 33.8 Å². The van der Waals surface area contributed by atoms with E-state index in [2.05, 4.69) is 5.32 Å². The minimum Gasteiger partial charge on any atom is -0.463 e. The fraction of sp³-hybridized carbons (Fsp3) is 0.400. The first kappa shape index (κ1) is 28.0. The third-order valence-electron chi connectivity index (χ3n) is 7.02. The molecule has 0 unspecified atom stereocenters. The van der Waals surface area contributed by atoms with Crippen molar-refractivity contribution in [2.75, 3.05) is 13.2 Å². The molecule has 2 N–H and O–H groups in total. The second-order valence-electron chi connectivity index (χ2n) is 9.82. The van der Waals surface area contributed by atoms with E-state index in [1.165, 1.54) is 0 Å². The normalized spacial score (nSPS) is 22.0. The van der Waals surface area contributed by atoms with Crippen LogP contribution in [0.3, 0.4) is 0 Å². The van der Waals surface area contributed by atoms with Crippen LogP contribution in [0.25, 0.3) is 0 Å². The number of carbonyl (C=O) groups excluding carboxylic acids is 4. The molecule has 2 amide bonds. The first-order chi connectivity index (χ1) is 18.9. The number of aliphatic hydroxyl groups is 1. The van der Waals surface area contributed by atoms with Gasteiger partial charge in [0, 0.05) is 19.4 Å². The highest BCUT2D eigenvalue weighted by atomic mass is 16.6. The number of nitrogens with zero attached hydrogens (tertiary/aromatic N) is 1. The van der Waals surface area contributed by atoms with Crippen LogP contribution < -0.4 is 5.32 Å². The summed E-state index contributed by atoms with van der Waals surface area (Å²) in [7, 11) is 0. The molecule has 2 aromatic rings. The average molecular weight is 535 g/mol. The van der Waals surface area contributed by atoms with Crippen molar-refractivity contribution in [3.8, 4) is 0 Å². The molecule has 0 aliphatic carbocycles. The number of benzene rings is 2. The van der Waals surface area contributed by atoms with Crippen LogP contribution in [0.15, 0.2) is 66.7 Å². The number of esters is 2. The first-order valence-electron chi connectivity index (χ1n) is 13.2. The number of hydrogen-bond donors (Lipinski definition) is 2. The predicted molar refractivity (Wildman–Crippen MR) is 142 cm³/mol. The van der Waals surface area contributed by atoms with Gasteiger partial charge in [-0.15, -0.1) is 0 Å². The fourth-order valence-corrected chi connectivity index (χ4v) is 4.77. The Morgan fingerprint density at radius 1 is 1.03 bits per heavy atom. The Morgan fingerprint density at radius 2 is 1.77 bits per heavy atom. The monoisotopic (exact) mass is 534 g/mol. The van der Waals surface area contributed by atoms with E-state index in [1.54, 1.807) is 29.2 Å². The number of amides is 2. The summed E-state index contributed by atoms with van der Waals surface area (Å²) < 4.78 is 10.6. The van der Waals surface area contributed by atoms with Gasteiger partial charge < -0.3 is 24.8 Å². The zero-order chi connectivity index (χ0) is 27.6. The molecule has 2 heterocycles. The van der Waals surface area contributed by atoms with Gasteiger partial charge in [0.2, 0.25) is 11.8 Å². The lowest BCUT2D eigenvalue weighted by Gasteiger charge is -2.36. The summed E-state index contributed by atoms with van der Waals surface area (Å²) in [6.07, 6.45) is 4.80. The minimum atomic E-state index is -1.21. The van der Waals surface area contributed by atoms with E-state index in [1.807, 2.05) is 42.5 Å². The van der Waals surface area contributed by atoms with E-state index >= 15 is 0 Å². The second-order valence-corrected chi connectivity index (χ2v) is 9.82. The van der Waals surface area contributed by atoms with Gasteiger partial charge in [0.15, 0.2) is 6.04 Å². The van der Waals surface area contributed by atoms with Gasteiger partial charge in [0.05, 0.1) is 18.6 Å². The molecule has 0 aromatic heterocycles. The highest BCUT2D eigenvalue weighted by molar-refractivity contribution is 5.89. The number of ether oxygens (including phenoxy) is 2. The molecule has 9 heteroatoms. The van der Waals surface area contributed by atoms with Crippen LogP contribution in [-0.2, 0) is 48.2 Å². The molecule has 0 radical (unpaired) electrons. The average Bonchev–Trinajstić information content (AvgIpc) is 2.96. The minimum absolute atomic E-state index is 0.00360. The van der Waals surface area contributed by atoms with Crippen molar-refractivity contribution in [1.82, 2.24) is 10.2 Å². The number of rotatable bonds is 6. The third kappa shape index (κ3) is 7.77. The Hall–Kier alpha value is -3.98.